The number of unbranched alkanes of at least 4 members (excludes halogenated alkanes) is 1. The first kappa shape index (κ1) is 10.6. The standard InChI is InChI=1S/C13H18FN/c1-2-3-4-13-12-6-5-11(14)9-10(12)7-8-15-13/h5-6,9,13,15H,2-4,7-8H2,1H3. The van der Waals surface area contributed by atoms with Crippen LogP contribution in [0.25, 0.3) is 0 Å². The van der Waals surface area contributed by atoms with Crippen LogP contribution in [-0.2, 0) is 6.42 Å². The van der Waals surface area contributed by atoms with Gasteiger partial charge in [0.25, 0.3) is 0 Å². The zero-order valence-electron chi connectivity index (χ0n) is 9.22. The van der Waals surface area contributed by atoms with E-state index in [9.17, 15) is 4.39 Å². The number of halogens is 1. The summed E-state index contributed by atoms with van der Waals surface area (Å²) in [5, 5.41) is 3.51. The maximum Gasteiger partial charge on any atom is 0.123 e. The fourth-order valence-corrected chi connectivity index (χ4v) is 2.29. The molecule has 0 amide bonds. The van der Waals surface area contributed by atoms with E-state index in [-0.39, 0.29) is 5.82 Å². The Hall–Kier alpha value is -0.890. The number of hydrogen-bond acceptors (Lipinski definition) is 1. The Bertz CT molecular complexity index is 335. The minimum absolute atomic E-state index is 0.107. The summed E-state index contributed by atoms with van der Waals surface area (Å²) in [7, 11) is 0. The molecule has 1 heterocycles. The molecule has 1 atom stereocenters. The first-order chi connectivity index (χ1) is 7.31. The highest BCUT2D eigenvalue weighted by Gasteiger charge is 2.18. The topological polar surface area (TPSA) is 12.0 Å². The van der Waals surface area contributed by atoms with Crippen LogP contribution in [0.2, 0.25) is 0 Å². The second kappa shape index (κ2) is 4.75. The fourth-order valence-electron chi connectivity index (χ4n) is 2.29. The third-order valence-corrected chi connectivity index (χ3v) is 3.11. The third kappa shape index (κ3) is 2.37. The predicted molar refractivity (Wildman–Crippen MR) is 60.4 cm³/mol. The molecule has 0 aromatic heterocycles. The maximum absolute atomic E-state index is 13.1. The van der Waals surface area contributed by atoms with Crippen molar-refractivity contribution in [1.29, 1.82) is 0 Å². The Labute approximate surface area is 90.7 Å². The van der Waals surface area contributed by atoms with Crippen molar-refractivity contribution >= 4 is 0 Å². The first-order valence-electron chi connectivity index (χ1n) is 5.83. The Balaban J connectivity index is 2.18. The molecule has 1 unspecified atom stereocenters. The van der Waals surface area contributed by atoms with Gasteiger partial charge in [0.15, 0.2) is 0 Å². The largest absolute Gasteiger partial charge is 0.310 e. The Morgan fingerprint density at radius 1 is 1.47 bits per heavy atom. The van der Waals surface area contributed by atoms with Gasteiger partial charge in [-0.15, -0.1) is 0 Å². The number of benzene rings is 1. The van der Waals surface area contributed by atoms with Crippen molar-refractivity contribution in [2.75, 3.05) is 6.54 Å². The van der Waals surface area contributed by atoms with Crippen LogP contribution in [0.4, 0.5) is 4.39 Å². The molecule has 0 saturated carbocycles. The summed E-state index contributed by atoms with van der Waals surface area (Å²) >= 11 is 0. The summed E-state index contributed by atoms with van der Waals surface area (Å²) in [6.07, 6.45) is 4.56. The molecule has 1 aromatic rings. The number of hydrogen-bond donors (Lipinski definition) is 1. The van der Waals surface area contributed by atoms with E-state index in [1.807, 2.05) is 6.07 Å². The van der Waals surface area contributed by atoms with Crippen LogP contribution in [0.3, 0.4) is 0 Å². The molecule has 0 saturated heterocycles. The van der Waals surface area contributed by atoms with Gasteiger partial charge in [0.2, 0.25) is 0 Å². The van der Waals surface area contributed by atoms with Crippen molar-refractivity contribution in [3.63, 3.8) is 0 Å². The molecule has 1 aromatic carbocycles. The lowest BCUT2D eigenvalue weighted by atomic mass is 9.91. The average molecular weight is 207 g/mol. The second-order valence-corrected chi connectivity index (χ2v) is 4.24. The molecule has 82 valence electrons. The van der Waals surface area contributed by atoms with E-state index in [2.05, 4.69) is 12.2 Å². The molecule has 15 heavy (non-hydrogen) atoms. The maximum atomic E-state index is 13.1. The van der Waals surface area contributed by atoms with E-state index >= 15 is 0 Å². The third-order valence-electron chi connectivity index (χ3n) is 3.11. The van der Waals surface area contributed by atoms with Crippen molar-refractivity contribution in [2.24, 2.45) is 0 Å². The van der Waals surface area contributed by atoms with Crippen molar-refractivity contribution in [1.82, 2.24) is 5.32 Å². The molecule has 1 nitrogen and oxygen atoms in total. The zero-order chi connectivity index (χ0) is 10.7. The van der Waals surface area contributed by atoms with E-state index < -0.39 is 0 Å². The van der Waals surface area contributed by atoms with Crippen LogP contribution in [0, 0.1) is 5.82 Å². The molecule has 0 bridgehead atoms. The van der Waals surface area contributed by atoms with E-state index in [4.69, 9.17) is 0 Å². The van der Waals surface area contributed by atoms with Crippen molar-refractivity contribution in [3.8, 4) is 0 Å². The summed E-state index contributed by atoms with van der Waals surface area (Å²) in [6, 6.07) is 5.64. The average Bonchev–Trinajstić information content (AvgIpc) is 2.25. The Morgan fingerprint density at radius 2 is 2.33 bits per heavy atom. The molecule has 2 heteroatoms. The van der Waals surface area contributed by atoms with Gasteiger partial charge in [-0.2, -0.15) is 0 Å². The fraction of sp³-hybridized carbons (Fsp3) is 0.538. The summed E-state index contributed by atoms with van der Waals surface area (Å²) in [6.45, 7) is 3.18. The predicted octanol–water partition coefficient (Wildman–Crippen LogP) is 3.20. The molecule has 0 fully saturated rings. The van der Waals surface area contributed by atoms with Crippen LogP contribution in [0.1, 0.15) is 43.4 Å². The van der Waals surface area contributed by atoms with Gasteiger partial charge in [0.1, 0.15) is 5.82 Å². The van der Waals surface area contributed by atoms with Crippen molar-refractivity contribution < 1.29 is 4.39 Å². The summed E-state index contributed by atoms with van der Waals surface area (Å²) in [5.41, 5.74) is 2.49. The molecular formula is C13H18FN. The van der Waals surface area contributed by atoms with Gasteiger partial charge in [-0.3, -0.25) is 0 Å². The minimum Gasteiger partial charge on any atom is -0.310 e. The van der Waals surface area contributed by atoms with Crippen molar-refractivity contribution in [3.05, 3.63) is 35.1 Å². The second-order valence-electron chi connectivity index (χ2n) is 4.24. The molecule has 0 radical (unpaired) electrons. The van der Waals surface area contributed by atoms with E-state index in [1.165, 1.54) is 24.0 Å². The van der Waals surface area contributed by atoms with Gasteiger partial charge in [0, 0.05) is 6.04 Å². The van der Waals surface area contributed by atoms with Crippen LogP contribution >= 0.6 is 0 Å². The summed E-state index contributed by atoms with van der Waals surface area (Å²) in [4.78, 5) is 0. The Kier molecular flexibility index (Phi) is 3.37. The van der Waals surface area contributed by atoms with Crippen LogP contribution in [0.5, 0.6) is 0 Å². The van der Waals surface area contributed by atoms with E-state index in [0.717, 1.165) is 19.4 Å². The van der Waals surface area contributed by atoms with Crippen LogP contribution in [-0.4, -0.2) is 6.54 Å². The summed E-state index contributed by atoms with van der Waals surface area (Å²) < 4.78 is 13.1. The van der Waals surface area contributed by atoms with Crippen molar-refractivity contribution in [2.45, 2.75) is 38.6 Å². The quantitative estimate of drug-likeness (QED) is 0.802. The van der Waals surface area contributed by atoms with Gasteiger partial charge in [0.05, 0.1) is 0 Å². The normalized spacial score (nSPS) is 20.0. The highest BCUT2D eigenvalue weighted by atomic mass is 19.1. The molecule has 1 N–H and O–H groups in total. The van der Waals surface area contributed by atoms with Crippen LogP contribution in [0.15, 0.2) is 18.2 Å². The monoisotopic (exact) mass is 207 g/mol. The van der Waals surface area contributed by atoms with Gasteiger partial charge < -0.3 is 5.32 Å². The Morgan fingerprint density at radius 3 is 3.13 bits per heavy atom. The lowest BCUT2D eigenvalue weighted by Gasteiger charge is -2.26. The van der Waals surface area contributed by atoms with E-state index in [1.54, 1.807) is 12.1 Å². The van der Waals surface area contributed by atoms with Gasteiger partial charge in [-0.25, -0.2) is 4.39 Å². The first-order valence-corrected chi connectivity index (χ1v) is 5.83. The molecular weight excluding hydrogens is 189 g/mol. The van der Waals surface area contributed by atoms with Gasteiger partial charge >= 0.3 is 0 Å². The molecule has 1 aliphatic rings. The molecule has 2 rings (SSSR count). The van der Waals surface area contributed by atoms with Gasteiger partial charge in [-0.05, 0) is 42.6 Å². The van der Waals surface area contributed by atoms with Gasteiger partial charge in [-0.1, -0.05) is 25.8 Å². The SMILES string of the molecule is CCCCC1NCCc2cc(F)ccc21. The zero-order valence-corrected chi connectivity index (χ0v) is 9.22. The highest BCUT2D eigenvalue weighted by molar-refractivity contribution is 5.32. The molecule has 0 aliphatic carbocycles. The highest BCUT2D eigenvalue weighted by Crippen LogP contribution is 2.27. The lowest BCUT2D eigenvalue weighted by Crippen LogP contribution is -2.29. The molecule has 0 spiro atoms. The minimum atomic E-state index is -0.107. The van der Waals surface area contributed by atoms with E-state index in [0.29, 0.717) is 6.04 Å². The molecule has 1 aliphatic heterocycles. The number of nitrogens with one attached hydrogen (secondary N) is 1. The number of fused-ring (bicyclic) bond motifs is 1. The van der Waals surface area contributed by atoms with Crippen LogP contribution < -0.4 is 5.32 Å². The number of rotatable bonds is 3. The lowest BCUT2D eigenvalue weighted by molar-refractivity contribution is 0.458. The smallest absolute Gasteiger partial charge is 0.123 e. The summed E-state index contributed by atoms with van der Waals surface area (Å²) in [5.74, 6) is -0.107.